The average molecular weight is 373 g/mol. The lowest BCUT2D eigenvalue weighted by atomic mass is 10.1. The second kappa shape index (κ2) is 5.71. The predicted octanol–water partition coefficient (Wildman–Crippen LogP) is 4.38. The molecule has 3 nitrogen and oxygen atoms in total. The highest BCUT2D eigenvalue weighted by Gasteiger charge is 2.15. The minimum absolute atomic E-state index is 0.337. The maximum Gasteiger partial charge on any atom is 0.355 e. The highest BCUT2D eigenvalue weighted by Crippen LogP contribution is 2.30. The number of aromatic nitrogens is 1. The Kier molecular flexibility index (Phi) is 4.24. The van der Waals surface area contributed by atoms with Crippen LogP contribution in [0.15, 0.2) is 39.4 Å². The van der Waals surface area contributed by atoms with Gasteiger partial charge in [0.05, 0.1) is 6.61 Å². The number of hydrogen-bond donors (Lipinski definition) is 1. The maximum atomic E-state index is 11.8. The van der Waals surface area contributed by atoms with Crippen molar-refractivity contribution in [2.75, 3.05) is 6.61 Å². The zero-order valence-electron chi connectivity index (χ0n) is 9.67. The fraction of sp³-hybridized carbons (Fsp3) is 0.154. The Bertz CT molecular complexity index is 578. The van der Waals surface area contributed by atoms with Gasteiger partial charge in [0.1, 0.15) is 5.69 Å². The summed E-state index contributed by atoms with van der Waals surface area (Å²) in [6, 6.07) is 7.69. The quantitative estimate of drug-likeness (QED) is 0.812. The Morgan fingerprint density at radius 3 is 2.72 bits per heavy atom. The van der Waals surface area contributed by atoms with Crippen LogP contribution in [-0.4, -0.2) is 17.6 Å². The van der Waals surface area contributed by atoms with Crippen molar-refractivity contribution in [1.82, 2.24) is 4.98 Å². The third kappa shape index (κ3) is 2.67. The number of carbonyl (C=O) groups is 1. The fourth-order valence-corrected chi connectivity index (χ4v) is 2.27. The van der Waals surface area contributed by atoms with Crippen molar-refractivity contribution in [3.8, 4) is 11.1 Å². The molecule has 1 aromatic carbocycles. The van der Waals surface area contributed by atoms with Gasteiger partial charge in [-0.25, -0.2) is 4.79 Å². The van der Waals surface area contributed by atoms with Crippen molar-refractivity contribution in [2.24, 2.45) is 0 Å². The molecule has 0 unspecified atom stereocenters. The Hall–Kier alpha value is -1.07. The molecule has 0 saturated carbocycles. The Balaban J connectivity index is 2.42. The molecular weight excluding hydrogens is 362 g/mol. The molecule has 0 aliphatic rings. The summed E-state index contributed by atoms with van der Waals surface area (Å²) in [6.07, 6.45) is 1.73. The van der Waals surface area contributed by atoms with Crippen LogP contribution < -0.4 is 0 Å². The molecule has 0 aliphatic carbocycles. The van der Waals surface area contributed by atoms with E-state index in [0.29, 0.717) is 12.3 Å². The normalized spacial score (nSPS) is 10.4. The lowest BCUT2D eigenvalue weighted by molar-refractivity contribution is 0.0521. The summed E-state index contributed by atoms with van der Waals surface area (Å²) in [7, 11) is 0. The lowest BCUT2D eigenvalue weighted by Crippen LogP contribution is -2.06. The molecule has 5 heteroatoms. The number of carbonyl (C=O) groups excluding carboxylic acids is 1. The highest BCUT2D eigenvalue weighted by molar-refractivity contribution is 9.13. The highest BCUT2D eigenvalue weighted by atomic mass is 79.9. The van der Waals surface area contributed by atoms with E-state index in [4.69, 9.17) is 4.74 Å². The Morgan fingerprint density at radius 1 is 1.28 bits per heavy atom. The molecule has 0 aliphatic heterocycles. The van der Waals surface area contributed by atoms with Gasteiger partial charge < -0.3 is 9.72 Å². The van der Waals surface area contributed by atoms with Gasteiger partial charge in [-0.3, -0.25) is 0 Å². The van der Waals surface area contributed by atoms with Gasteiger partial charge in [0.2, 0.25) is 0 Å². The minimum Gasteiger partial charge on any atom is -0.461 e. The van der Waals surface area contributed by atoms with Gasteiger partial charge in [-0.05, 0) is 62.5 Å². The van der Waals surface area contributed by atoms with Crippen molar-refractivity contribution in [3.63, 3.8) is 0 Å². The minimum atomic E-state index is -0.337. The zero-order valence-corrected chi connectivity index (χ0v) is 12.8. The number of rotatable bonds is 3. The smallest absolute Gasteiger partial charge is 0.355 e. The van der Waals surface area contributed by atoms with Crippen molar-refractivity contribution in [2.45, 2.75) is 6.92 Å². The van der Waals surface area contributed by atoms with Gasteiger partial charge in [-0.15, -0.1) is 0 Å². The van der Waals surface area contributed by atoms with E-state index in [9.17, 15) is 4.79 Å². The van der Waals surface area contributed by atoms with Crippen molar-refractivity contribution < 1.29 is 9.53 Å². The van der Waals surface area contributed by atoms with Gasteiger partial charge >= 0.3 is 5.97 Å². The largest absolute Gasteiger partial charge is 0.461 e. The van der Waals surface area contributed by atoms with Crippen LogP contribution in [0.25, 0.3) is 11.1 Å². The summed E-state index contributed by atoms with van der Waals surface area (Å²) in [5, 5.41) is 0. The van der Waals surface area contributed by atoms with Crippen molar-refractivity contribution in [1.29, 1.82) is 0 Å². The zero-order chi connectivity index (χ0) is 13.1. The molecule has 0 spiro atoms. The second-order valence-electron chi connectivity index (χ2n) is 3.62. The van der Waals surface area contributed by atoms with Crippen LogP contribution in [0.2, 0.25) is 0 Å². The van der Waals surface area contributed by atoms with E-state index < -0.39 is 0 Å². The number of esters is 1. The third-order valence-electron chi connectivity index (χ3n) is 2.46. The molecule has 0 radical (unpaired) electrons. The second-order valence-corrected chi connectivity index (χ2v) is 5.32. The van der Waals surface area contributed by atoms with Crippen LogP contribution in [0.4, 0.5) is 0 Å². The van der Waals surface area contributed by atoms with Crippen LogP contribution in [0.1, 0.15) is 17.4 Å². The monoisotopic (exact) mass is 371 g/mol. The van der Waals surface area contributed by atoms with Crippen LogP contribution in [0.3, 0.4) is 0 Å². The number of nitrogens with one attached hydrogen (secondary N) is 1. The molecule has 0 saturated heterocycles. The summed E-state index contributed by atoms with van der Waals surface area (Å²) in [5.41, 5.74) is 2.27. The van der Waals surface area contributed by atoms with E-state index in [1.807, 2.05) is 24.3 Å². The van der Waals surface area contributed by atoms with Crippen LogP contribution >= 0.6 is 31.9 Å². The molecule has 1 heterocycles. The first-order chi connectivity index (χ1) is 8.63. The topological polar surface area (TPSA) is 42.1 Å². The summed E-state index contributed by atoms with van der Waals surface area (Å²) in [5.74, 6) is -0.337. The number of benzene rings is 1. The maximum absolute atomic E-state index is 11.8. The predicted molar refractivity (Wildman–Crippen MR) is 77.6 cm³/mol. The van der Waals surface area contributed by atoms with Crippen LogP contribution in [0.5, 0.6) is 0 Å². The van der Waals surface area contributed by atoms with Crippen molar-refractivity contribution >= 4 is 37.8 Å². The fourth-order valence-electron chi connectivity index (χ4n) is 1.65. The lowest BCUT2D eigenvalue weighted by Gasteiger charge is -2.05. The van der Waals surface area contributed by atoms with E-state index in [-0.39, 0.29) is 5.97 Å². The molecule has 1 aromatic heterocycles. The number of aromatic amines is 1. The summed E-state index contributed by atoms with van der Waals surface area (Å²) < 4.78 is 6.92. The van der Waals surface area contributed by atoms with Gasteiger partial charge in [0, 0.05) is 20.7 Å². The standard InChI is InChI=1S/C13H11Br2NO2/c1-2-18-13(17)12-9(5-6-16-12)8-3-4-10(14)11(15)7-8/h3-7,16H,2H2,1H3. The molecule has 0 bridgehead atoms. The Morgan fingerprint density at radius 2 is 2.06 bits per heavy atom. The Labute approximate surface area is 122 Å². The SMILES string of the molecule is CCOC(=O)c1[nH]ccc1-c1ccc(Br)c(Br)c1. The molecule has 1 N–H and O–H groups in total. The summed E-state index contributed by atoms with van der Waals surface area (Å²) in [6.45, 7) is 2.15. The molecule has 2 rings (SSSR count). The molecular formula is C13H11Br2NO2. The third-order valence-corrected chi connectivity index (χ3v) is 4.34. The van der Waals surface area contributed by atoms with E-state index in [0.717, 1.165) is 20.1 Å². The first kappa shape index (κ1) is 13.4. The molecule has 18 heavy (non-hydrogen) atoms. The van der Waals surface area contributed by atoms with Gasteiger partial charge in [-0.1, -0.05) is 6.07 Å². The first-order valence-electron chi connectivity index (χ1n) is 5.43. The number of halogens is 2. The molecule has 2 aromatic rings. The summed E-state index contributed by atoms with van der Waals surface area (Å²) >= 11 is 6.87. The molecule has 94 valence electrons. The molecule has 0 amide bonds. The van der Waals surface area contributed by atoms with Gasteiger partial charge in [0.25, 0.3) is 0 Å². The van der Waals surface area contributed by atoms with Crippen LogP contribution in [0, 0.1) is 0 Å². The van der Waals surface area contributed by atoms with Crippen molar-refractivity contribution in [3.05, 3.63) is 45.1 Å². The average Bonchev–Trinajstić information content (AvgIpc) is 2.82. The van der Waals surface area contributed by atoms with E-state index in [1.165, 1.54) is 0 Å². The number of H-pyrrole nitrogens is 1. The summed E-state index contributed by atoms with van der Waals surface area (Å²) in [4.78, 5) is 14.7. The molecule has 0 atom stereocenters. The van der Waals surface area contributed by atoms with Gasteiger partial charge in [-0.2, -0.15) is 0 Å². The molecule has 0 fully saturated rings. The van der Waals surface area contributed by atoms with E-state index >= 15 is 0 Å². The first-order valence-corrected chi connectivity index (χ1v) is 7.02. The van der Waals surface area contributed by atoms with Gasteiger partial charge in [0.15, 0.2) is 0 Å². The van der Waals surface area contributed by atoms with E-state index in [1.54, 1.807) is 13.1 Å². The number of ether oxygens (including phenoxy) is 1. The van der Waals surface area contributed by atoms with E-state index in [2.05, 4.69) is 36.8 Å². The number of hydrogen-bond acceptors (Lipinski definition) is 2. The van der Waals surface area contributed by atoms with Crippen LogP contribution in [-0.2, 0) is 4.74 Å².